The standard InChI is InChI=1S/C17H14ClN3O2S2/c18-15-6-8-17(24-15)25(22,23)20-16-7-5-13(11-19-16)21-10-9-12-3-1-2-4-14(12)21/h1-8,11H,9-10H2,(H,19,20). The number of rotatable bonds is 4. The smallest absolute Gasteiger partial charge is 0.272 e. The number of para-hydroxylation sites is 1. The monoisotopic (exact) mass is 391 g/mol. The molecule has 0 spiro atoms. The van der Waals surface area contributed by atoms with Gasteiger partial charge >= 0.3 is 0 Å². The summed E-state index contributed by atoms with van der Waals surface area (Å²) in [7, 11) is -3.67. The molecular formula is C17H14ClN3O2S2. The average molecular weight is 392 g/mol. The van der Waals surface area contributed by atoms with Crippen molar-refractivity contribution in [2.75, 3.05) is 16.2 Å². The predicted octanol–water partition coefficient (Wildman–Crippen LogP) is 4.29. The van der Waals surface area contributed by atoms with Gasteiger partial charge in [-0.2, -0.15) is 0 Å². The molecule has 0 unspecified atom stereocenters. The Morgan fingerprint density at radius 3 is 2.68 bits per heavy atom. The first-order chi connectivity index (χ1) is 12.0. The van der Waals surface area contributed by atoms with Crippen LogP contribution in [0.1, 0.15) is 5.56 Å². The summed E-state index contributed by atoms with van der Waals surface area (Å²) < 4.78 is 27.7. The number of aromatic nitrogens is 1. The van der Waals surface area contributed by atoms with Gasteiger partial charge in [0, 0.05) is 12.2 Å². The Morgan fingerprint density at radius 2 is 1.96 bits per heavy atom. The minimum Gasteiger partial charge on any atom is -0.340 e. The van der Waals surface area contributed by atoms with Crippen molar-refractivity contribution < 1.29 is 8.42 Å². The van der Waals surface area contributed by atoms with Crippen molar-refractivity contribution in [3.05, 3.63) is 64.6 Å². The molecule has 0 radical (unpaired) electrons. The van der Waals surface area contributed by atoms with E-state index >= 15 is 0 Å². The predicted molar refractivity (Wildman–Crippen MR) is 102 cm³/mol. The fourth-order valence-corrected chi connectivity index (χ4v) is 5.33. The van der Waals surface area contributed by atoms with Crippen LogP contribution in [0.5, 0.6) is 0 Å². The molecule has 0 saturated heterocycles. The summed E-state index contributed by atoms with van der Waals surface area (Å²) in [6.07, 6.45) is 2.67. The third-order valence-corrected chi connectivity index (χ3v) is 7.08. The van der Waals surface area contributed by atoms with E-state index in [1.165, 1.54) is 17.3 Å². The zero-order valence-corrected chi connectivity index (χ0v) is 15.4. The Morgan fingerprint density at radius 1 is 1.12 bits per heavy atom. The highest BCUT2D eigenvalue weighted by atomic mass is 35.5. The van der Waals surface area contributed by atoms with E-state index in [1.807, 2.05) is 18.2 Å². The van der Waals surface area contributed by atoms with Crippen molar-refractivity contribution in [2.45, 2.75) is 10.6 Å². The molecule has 1 aromatic carbocycles. The summed E-state index contributed by atoms with van der Waals surface area (Å²) in [5.41, 5.74) is 3.42. The average Bonchev–Trinajstić information content (AvgIpc) is 3.22. The van der Waals surface area contributed by atoms with Crippen LogP contribution >= 0.6 is 22.9 Å². The maximum absolute atomic E-state index is 12.3. The van der Waals surface area contributed by atoms with E-state index < -0.39 is 10.0 Å². The van der Waals surface area contributed by atoms with Gasteiger partial charge in [-0.3, -0.25) is 4.72 Å². The lowest BCUT2D eigenvalue weighted by molar-refractivity contribution is 0.603. The molecule has 0 bridgehead atoms. The van der Waals surface area contributed by atoms with Crippen molar-refractivity contribution in [3.8, 4) is 0 Å². The minimum absolute atomic E-state index is 0.164. The second kappa shape index (κ2) is 6.33. The Bertz CT molecular complexity index is 1020. The van der Waals surface area contributed by atoms with E-state index in [0.29, 0.717) is 4.34 Å². The van der Waals surface area contributed by atoms with Crippen LogP contribution in [-0.2, 0) is 16.4 Å². The number of sulfonamides is 1. The zero-order chi connectivity index (χ0) is 17.4. The molecule has 2 aromatic heterocycles. The van der Waals surface area contributed by atoms with Gasteiger partial charge in [0.15, 0.2) is 0 Å². The highest BCUT2D eigenvalue weighted by molar-refractivity contribution is 7.94. The van der Waals surface area contributed by atoms with Gasteiger partial charge < -0.3 is 4.90 Å². The molecule has 3 heterocycles. The highest BCUT2D eigenvalue weighted by Gasteiger charge is 2.21. The highest BCUT2D eigenvalue weighted by Crippen LogP contribution is 2.34. The van der Waals surface area contributed by atoms with Crippen molar-refractivity contribution in [1.29, 1.82) is 0 Å². The van der Waals surface area contributed by atoms with E-state index in [2.05, 4.69) is 26.7 Å². The maximum Gasteiger partial charge on any atom is 0.272 e. The Labute approximate surface area is 155 Å². The van der Waals surface area contributed by atoms with Crippen LogP contribution < -0.4 is 9.62 Å². The van der Waals surface area contributed by atoms with Crippen molar-refractivity contribution in [3.63, 3.8) is 0 Å². The van der Waals surface area contributed by atoms with Crippen LogP contribution in [0.3, 0.4) is 0 Å². The Balaban J connectivity index is 1.55. The summed E-state index contributed by atoms with van der Waals surface area (Å²) in [5.74, 6) is 0.278. The lowest BCUT2D eigenvalue weighted by atomic mass is 10.2. The number of nitrogens with zero attached hydrogens (tertiary/aromatic N) is 2. The molecule has 4 rings (SSSR count). The largest absolute Gasteiger partial charge is 0.340 e. The van der Waals surface area contributed by atoms with Gasteiger partial charge in [-0.15, -0.1) is 11.3 Å². The minimum atomic E-state index is -3.67. The van der Waals surface area contributed by atoms with Gasteiger partial charge in [0.05, 0.1) is 16.2 Å². The van der Waals surface area contributed by atoms with E-state index in [0.717, 1.165) is 30.0 Å². The first kappa shape index (κ1) is 16.4. The Hall–Kier alpha value is -2.09. The molecule has 8 heteroatoms. The fourth-order valence-electron chi connectivity index (χ4n) is 2.84. The quantitative estimate of drug-likeness (QED) is 0.720. The topological polar surface area (TPSA) is 62.3 Å². The molecule has 25 heavy (non-hydrogen) atoms. The fraction of sp³-hybridized carbons (Fsp3) is 0.118. The van der Waals surface area contributed by atoms with Gasteiger partial charge in [0.1, 0.15) is 10.0 Å². The van der Waals surface area contributed by atoms with Crippen LogP contribution in [0.25, 0.3) is 0 Å². The molecule has 0 atom stereocenters. The summed E-state index contributed by atoms with van der Waals surface area (Å²) in [6.45, 7) is 0.889. The lowest BCUT2D eigenvalue weighted by Crippen LogP contribution is -2.15. The van der Waals surface area contributed by atoms with E-state index in [1.54, 1.807) is 18.3 Å². The second-order valence-electron chi connectivity index (χ2n) is 5.60. The second-order valence-corrected chi connectivity index (χ2v) is 9.22. The molecule has 1 aliphatic heterocycles. The number of fused-ring (bicyclic) bond motifs is 1. The number of anilines is 3. The number of halogens is 1. The first-order valence-electron chi connectivity index (χ1n) is 7.63. The van der Waals surface area contributed by atoms with Gasteiger partial charge in [-0.05, 0) is 42.3 Å². The number of hydrogen-bond acceptors (Lipinski definition) is 5. The zero-order valence-electron chi connectivity index (χ0n) is 13.0. The molecule has 5 nitrogen and oxygen atoms in total. The number of nitrogens with one attached hydrogen (secondary N) is 1. The van der Waals surface area contributed by atoms with E-state index in [9.17, 15) is 8.42 Å². The van der Waals surface area contributed by atoms with Gasteiger partial charge in [0.25, 0.3) is 10.0 Å². The number of benzene rings is 1. The van der Waals surface area contributed by atoms with Crippen molar-refractivity contribution >= 4 is 50.2 Å². The van der Waals surface area contributed by atoms with Crippen LogP contribution in [0, 0.1) is 0 Å². The molecular weight excluding hydrogens is 378 g/mol. The van der Waals surface area contributed by atoms with Crippen LogP contribution in [-0.4, -0.2) is 19.9 Å². The number of pyridine rings is 1. The SMILES string of the molecule is O=S(=O)(Nc1ccc(N2CCc3ccccc32)cn1)c1ccc(Cl)s1. The van der Waals surface area contributed by atoms with E-state index in [4.69, 9.17) is 11.6 Å². The first-order valence-corrected chi connectivity index (χ1v) is 10.3. The summed E-state index contributed by atoms with van der Waals surface area (Å²) in [5, 5.41) is 0. The molecule has 1 aliphatic rings. The van der Waals surface area contributed by atoms with Crippen molar-refractivity contribution in [1.82, 2.24) is 4.98 Å². The molecule has 128 valence electrons. The molecule has 0 saturated carbocycles. The number of thiophene rings is 1. The molecule has 0 amide bonds. The molecule has 0 fully saturated rings. The Kier molecular flexibility index (Phi) is 4.15. The van der Waals surface area contributed by atoms with Crippen molar-refractivity contribution in [2.24, 2.45) is 0 Å². The summed E-state index contributed by atoms with van der Waals surface area (Å²) >= 11 is 6.82. The van der Waals surface area contributed by atoms with Crippen LogP contribution in [0.4, 0.5) is 17.2 Å². The third kappa shape index (κ3) is 3.22. The van der Waals surface area contributed by atoms with Crippen LogP contribution in [0.2, 0.25) is 4.34 Å². The summed E-state index contributed by atoms with van der Waals surface area (Å²) in [4.78, 5) is 6.43. The number of hydrogen-bond donors (Lipinski definition) is 1. The van der Waals surface area contributed by atoms with Gasteiger partial charge in [-0.1, -0.05) is 29.8 Å². The van der Waals surface area contributed by atoms with Gasteiger partial charge in [0.2, 0.25) is 0 Å². The normalized spacial score (nSPS) is 13.7. The summed E-state index contributed by atoms with van der Waals surface area (Å²) in [6, 6.07) is 14.8. The van der Waals surface area contributed by atoms with E-state index in [-0.39, 0.29) is 10.0 Å². The maximum atomic E-state index is 12.3. The molecule has 0 aliphatic carbocycles. The van der Waals surface area contributed by atoms with Gasteiger partial charge in [-0.25, -0.2) is 13.4 Å². The molecule has 3 aromatic rings. The molecule has 1 N–H and O–H groups in total. The van der Waals surface area contributed by atoms with Crippen LogP contribution in [0.15, 0.2) is 58.9 Å². The third-order valence-electron chi connectivity index (χ3n) is 4.00. The lowest BCUT2D eigenvalue weighted by Gasteiger charge is -2.19.